The zero-order valence-corrected chi connectivity index (χ0v) is 14.4. The minimum absolute atomic E-state index is 0.227. The molecule has 0 bridgehead atoms. The predicted octanol–water partition coefficient (Wildman–Crippen LogP) is 4.16. The van der Waals surface area contributed by atoms with Crippen LogP contribution in [0.25, 0.3) is 0 Å². The Labute approximate surface area is 144 Å². The van der Waals surface area contributed by atoms with E-state index in [9.17, 15) is 4.79 Å². The van der Waals surface area contributed by atoms with Crippen LogP contribution in [0.4, 0.5) is 0 Å². The van der Waals surface area contributed by atoms with E-state index in [1.165, 1.54) is 23.2 Å². The Hall–Kier alpha value is -2.29. The Bertz CT molecular complexity index is 712. The summed E-state index contributed by atoms with van der Waals surface area (Å²) in [5, 5.41) is 0. The Morgan fingerprint density at radius 3 is 2.83 bits per heavy atom. The highest BCUT2D eigenvalue weighted by molar-refractivity contribution is 5.79. The first-order valence-corrected chi connectivity index (χ1v) is 8.76. The number of amides is 1. The van der Waals surface area contributed by atoms with E-state index < -0.39 is 0 Å². The molecule has 3 heteroatoms. The van der Waals surface area contributed by atoms with Gasteiger partial charge in [0.2, 0.25) is 5.91 Å². The molecule has 0 unspecified atom stereocenters. The normalized spacial score (nSPS) is 14.2. The predicted molar refractivity (Wildman–Crippen MR) is 97.7 cm³/mol. The van der Waals surface area contributed by atoms with Crippen molar-refractivity contribution in [1.29, 1.82) is 0 Å². The molecule has 2 aromatic rings. The summed E-state index contributed by atoms with van der Waals surface area (Å²) in [5.41, 5.74) is 3.73. The molecule has 0 saturated heterocycles. The minimum Gasteiger partial charge on any atom is -0.345 e. The number of benzene rings is 1. The van der Waals surface area contributed by atoms with Crippen molar-refractivity contribution in [3.05, 3.63) is 72.1 Å². The summed E-state index contributed by atoms with van der Waals surface area (Å²) in [7, 11) is 0. The summed E-state index contributed by atoms with van der Waals surface area (Å²) >= 11 is 0. The summed E-state index contributed by atoms with van der Waals surface area (Å²) in [6.45, 7) is 8.03. The van der Waals surface area contributed by atoms with Crippen LogP contribution in [0, 0.1) is 12.8 Å². The number of hydrogen-bond donors (Lipinski definition) is 0. The molecule has 0 N–H and O–H groups in total. The van der Waals surface area contributed by atoms with Crippen LogP contribution in [0.3, 0.4) is 0 Å². The number of carbonyl (C=O) groups excluding carboxylic acids is 1. The lowest BCUT2D eigenvalue weighted by molar-refractivity contribution is -0.138. The fraction of sp³-hybridized carbons (Fsp3) is 0.381. The second-order valence-corrected chi connectivity index (χ2v) is 6.75. The SMILES string of the molecule is C=CCN(Cc1cccn1Cc1cccc(C)c1)C(=O)C1CCC1. The summed E-state index contributed by atoms with van der Waals surface area (Å²) < 4.78 is 2.24. The smallest absolute Gasteiger partial charge is 0.226 e. The van der Waals surface area contributed by atoms with Crippen LogP contribution in [0.15, 0.2) is 55.3 Å². The van der Waals surface area contributed by atoms with Crippen LogP contribution >= 0.6 is 0 Å². The molecule has 1 aromatic heterocycles. The van der Waals surface area contributed by atoms with Gasteiger partial charge < -0.3 is 9.47 Å². The van der Waals surface area contributed by atoms with E-state index in [0.29, 0.717) is 13.1 Å². The summed E-state index contributed by atoms with van der Waals surface area (Å²) in [4.78, 5) is 14.6. The fourth-order valence-corrected chi connectivity index (χ4v) is 3.25. The Kier molecular flexibility index (Phi) is 5.19. The first-order valence-electron chi connectivity index (χ1n) is 8.76. The molecule has 1 saturated carbocycles. The number of aryl methyl sites for hydroxylation is 1. The highest BCUT2D eigenvalue weighted by Gasteiger charge is 2.29. The van der Waals surface area contributed by atoms with Gasteiger partial charge in [-0.05, 0) is 37.5 Å². The van der Waals surface area contributed by atoms with E-state index in [-0.39, 0.29) is 11.8 Å². The highest BCUT2D eigenvalue weighted by Crippen LogP contribution is 2.28. The molecule has 1 aliphatic carbocycles. The van der Waals surface area contributed by atoms with Crippen LogP contribution in [-0.2, 0) is 17.9 Å². The quantitative estimate of drug-likeness (QED) is 0.703. The highest BCUT2D eigenvalue weighted by atomic mass is 16.2. The van der Waals surface area contributed by atoms with Crippen LogP contribution < -0.4 is 0 Å². The molecule has 126 valence electrons. The van der Waals surface area contributed by atoms with Crippen molar-refractivity contribution in [3.8, 4) is 0 Å². The van der Waals surface area contributed by atoms with Gasteiger partial charge in [0.25, 0.3) is 0 Å². The van der Waals surface area contributed by atoms with E-state index in [1.807, 2.05) is 11.0 Å². The number of nitrogens with zero attached hydrogens (tertiary/aromatic N) is 2. The molecule has 1 amide bonds. The topological polar surface area (TPSA) is 25.2 Å². The van der Waals surface area contributed by atoms with Gasteiger partial charge in [0.15, 0.2) is 0 Å². The van der Waals surface area contributed by atoms with Gasteiger partial charge in [-0.1, -0.05) is 42.3 Å². The maximum absolute atomic E-state index is 12.6. The molecule has 24 heavy (non-hydrogen) atoms. The Morgan fingerprint density at radius 1 is 1.33 bits per heavy atom. The maximum atomic E-state index is 12.6. The van der Waals surface area contributed by atoms with Crippen LogP contribution in [0.5, 0.6) is 0 Å². The number of aromatic nitrogens is 1. The summed E-state index contributed by atoms with van der Waals surface area (Å²) in [5.74, 6) is 0.509. The van der Waals surface area contributed by atoms with E-state index in [1.54, 1.807) is 0 Å². The average Bonchev–Trinajstić information content (AvgIpc) is 2.92. The Balaban J connectivity index is 1.73. The first kappa shape index (κ1) is 16.6. The van der Waals surface area contributed by atoms with Gasteiger partial charge in [-0.2, -0.15) is 0 Å². The van der Waals surface area contributed by atoms with Crippen molar-refractivity contribution >= 4 is 5.91 Å². The molecule has 1 aromatic carbocycles. The lowest BCUT2D eigenvalue weighted by Crippen LogP contribution is -2.39. The standard InChI is InChI=1S/C21H26N2O/c1-3-12-23(21(24)19-9-5-10-19)16-20-11-6-13-22(20)15-18-8-4-7-17(2)14-18/h3-4,6-8,11,13-14,19H,1,5,9-10,12,15-16H2,2H3. The summed E-state index contributed by atoms with van der Waals surface area (Å²) in [6, 6.07) is 12.7. The maximum Gasteiger partial charge on any atom is 0.226 e. The number of carbonyl (C=O) groups is 1. The molecule has 0 radical (unpaired) electrons. The molecular formula is C21H26N2O. The van der Waals surface area contributed by atoms with Gasteiger partial charge in [0, 0.05) is 30.9 Å². The van der Waals surface area contributed by atoms with Crippen LogP contribution in [0.2, 0.25) is 0 Å². The lowest BCUT2D eigenvalue weighted by Gasteiger charge is -2.31. The van der Waals surface area contributed by atoms with Crippen molar-refractivity contribution in [3.63, 3.8) is 0 Å². The molecule has 1 heterocycles. The molecule has 3 nitrogen and oxygen atoms in total. The van der Waals surface area contributed by atoms with Gasteiger partial charge in [0.1, 0.15) is 0 Å². The third-order valence-electron chi connectivity index (χ3n) is 4.83. The van der Waals surface area contributed by atoms with Gasteiger partial charge in [-0.3, -0.25) is 4.79 Å². The fourth-order valence-electron chi connectivity index (χ4n) is 3.25. The van der Waals surface area contributed by atoms with Gasteiger partial charge in [-0.25, -0.2) is 0 Å². The lowest BCUT2D eigenvalue weighted by atomic mass is 9.84. The van der Waals surface area contributed by atoms with Crippen molar-refractivity contribution in [1.82, 2.24) is 9.47 Å². The molecule has 0 aliphatic heterocycles. The van der Waals surface area contributed by atoms with E-state index in [0.717, 1.165) is 19.4 Å². The van der Waals surface area contributed by atoms with Crippen molar-refractivity contribution in [2.75, 3.05) is 6.54 Å². The van der Waals surface area contributed by atoms with Gasteiger partial charge in [0.05, 0.1) is 6.54 Å². The van der Waals surface area contributed by atoms with E-state index in [4.69, 9.17) is 0 Å². The van der Waals surface area contributed by atoms with Crippen molar-refractivity contribution in [2.24, 2.45) is 5.92 Å². The van der Waals surface area contributed by atoms with Gasteiger partial charge >= 0.3 is 0 Å². The third-order valence-corrected chi connectivity index (χ3v) is 4.83. The minimum atomic E-state index is 0.227. The number of rotatable bonds is 7. The molecule has 0 atom stereocenters. The summed E-state index contributed by atoms with van der Waals surface area (Å²) in [6.07, 6.45) is 7.18. The third kappa shape index (κ3) is 3.78. The Morgan fingerprint density at radius 2 is 2.17 bits per heavy atom. The zero-order valence-electron chi connectivity index (χ0n) is 14.4. The molecule has 1 aliphatic rings. The van der Waals surface area contributed by atoms with Crippen LogP contribution in [0.1, 0.15) is 36.1 Å². The first-order chi connectivity index (χ1) is 11.7. The molecule has 1 fully saturated rings. The zero-order chi connectivity index (χ0) is 16.9. The molecule has 0 spiro atoms. The molecule has 3 rings (SSSR count). The second-order valence-electron chi connectivity index (χ2n) is 6.75. The number of hydrogen-bond acceptors (Lipinski definition) is 1. The van der Waals surface area contributed by atoms with E-state index in [2.05, 4.69) is 60.7 Å². The molecular weight excluding hydrogens is 296 g/mol. The largest absolute Gasteiger partial charge is 0.345 e. The van der Waals surface area contributed by atoms with Crippen molar-refractivity contribution in [2.45, 2.75) is 39.3 Å². The van der Waals surface area contributed by atoms with Crippen LogP contribution in [-0.4, -0.2) is 21.9 Å². The van der Waals surface area contributed by atoms with Gasteiger partial charge in [-0.15, -0.1) is 6.58 Å². The second kappa shape index (κ2) is 7.52. The van der Waals surface area contributed by atoms with E-state index >= 15 is 0 Å². The average molecular weight is 322 g/mol. The monoisotopic (exact) mass is 322 g/mol. The van der Waals surface area contributed by atoms with Crippen molar-refractivity contribution < 1.29 is 4.79 Å².